The molecule has 0 saturated heterocycles. The molecule has 0 radical (unpaired) electrons. The molecule has 0 unspecified atom stereocenters. The van der Waals surface area contributed by atoms with E-state index in [1.807, 2.05) is 70.4 Å². The van der Waals surface area contributed by atoms with Gasteiger partial charge in [0.1, 0.15) is 5.82 Å². The second-order valence-electron chi connectivity index (χ2n) is 37.2. The summed E-state index contributed by atoms with van der Waals surface area (Å²) in [6, 6.07) is 184. The first-order valence-electron chi connectivity index (χ1n) is 49.6. The van der Waals surface area contributed by atoms with Crippen molar-refractivity contribution in [2.45, 2.75) is 0 Å². The van der Waals surface area contributed by atoms with Crippen molar-refractivity contribution in [3.8, 4) is 135 Å². The van der Waals surface area contributed by atoms with Gasteiger partial charge in [0.15, 0.2) is 11.6 Å². The van der Waals surface area contributed by atoms with Gasteiger partial charge in [0.05, 0.1) is 66.9 Å². The Balaban J connectivity index is 0.000000107. The third-order valence-electron chi connectivity index (χ3n) is 28.5. The number of aromatic nitrogens is 9. The number of hydrogen-bond donors (Lipinski definition) is 0. The van der Waals surface area contributed by atoms with Gasteiger partial charge in [0.25, 0.3) is 0 Å². The SMILES string of the molecule is c1ccc(-c2cc(-c3cccc(-c4cc(-n5c6ccccc6c6ccccc65)cc5c4sc4ccccc45)c3)nc(-c3ccccc3)n2)cc1.c1ccc(-c2cc(-c3ccccc3)nc(-c3ccc(-c4cc(-n5c6ccccc6c6ccccc65)cc5c4sc4ccccc45)cc3)n2)cc1.c1ccc(-n2c(-c3cccc(-c4cc(-n5c6ccccc6c6ccccc65)cc5c4sc4ccccc45)c3)nc3ccccc32)cc1. The molecule has 9 aromatic heterocycles. The number of para-hydroxylation sites is 9. The Morgan fingerprint density at radius 2 is 0.415 bits per heavy atom. The number of fused-ring (bicyclic) bond motifs is 19. The van der Waals surface area contributed by atoms with Crippen molar-refractivity contribution in [2.75, 3.05) is 0 Å². The van der Waals surface area contributed by atoms with Gasteiger partial charge in [0, 0.05) is 171 Å². The highest BCUT2D eigenvalue weighted by atomic mass is 32.1. The van der Waals surface area contributed by atoms with Crippen molar-refractivity contribution in [1.82, 2.24) is 43.2 Å². The third-order valence-corrected chi connectivity index (χ3v) is 32.2. The second kappa shape index (κ2) is 36.4. The smallest absolute Gasteiger partial charge is 0.160 e. The lowest BCUT2D eigenvalue weighted by Gasteiger charge is -2.14. The Kier molecular flexibility index (Phi) is 21.3. The Bertz CT molecular complexity index is 10100. The van der Waals surface area contributed by atoms with Crippen molar-refractivity contribution in [3.63, 3.8) is 0 Å². The molecule has 12 heteroatoms. The molecule has 0 N–H and O–H groups in total. The Hall–Kier alpha value is -18.7. The summed E-state index contributed by atoms with van der Waals surface area (Å²) in [5.74, 6) is 2.36. The standard InChI is InChI=1S/2C46H29N3S.C43H27N3S/c1-3-14-30(15-4-1)40-29-41(48-46(47-40)31-16-5-2-6-17-31)33-19-13-18-32(26-33)38-27-34(28-39-37-22-9-12-25-44(37)50-45(38)39)49-42-23-10-7-20-35(42)36-21-8-11-24-43(36)49;1-3-13-31(14-4-1)40-29-41(32-15-5-2-6-16-32)48-46(47-40)33-25-23-30(24-26-33)38-27-34(28-39-37-19-9-12-22-44(37)50-45(38)39)49-42-20-10-7-17-35(42)36-18-8-11-21-43(36)49;1-2-15-30(16-3-1)46-40-23-10-7-20-37(40)44-43(46)29-14-12-13-28(25-29)35-26-31(27-36-34-19-6-11-24-41(34)47-42(35)36)45-38-21-8-4-17-32(38)33-18-5-9-22-39(33)45/h2*1-29H;1-27H. The molecule has 0 aliphatic heterocycles. The molecule has 0 saturated carbocycles. The molecule has 688 valence electrons. The van der Waals surface area contributed by atoms with Crippen LogP contribution in [0.25, 0.3) is 272 Å². The first-order valence-corrected chi connectivity index (χ1v) is 52.0. The number of nitrogens with zero attached hydrogens (tertiary/aromatic N) is 9. The van der Waals surface area contributed by atoms with Gasteiger partial charge in [-0.25, -0.2) is 24.9 Å². The van der Waals surface area contributed by atoms with Crippen molar-refractivity contribution < 1.29 is 0 Å². The monoisotopic (exact) mass is 1930 g/mol. The van der Waals surface area contributed by atoms with E-state index in [1.165, 1.54) is 148 Å². The first-order chi connectivity index (χ1) is 72.9. The highest BCUT2D eigenvalue weighted by molar-refractivity contribution is 7.27. The van der Waals surface area contributed by atoms with Crippen LogP contribution in [-0.4, -0.2) is 43.2 Å². The molecule has 0 amide bonds. The summed E-state index contributed by atoms with van der Waals surface area (Å²) in [5, 5.41) is 15.2. The van der Waals surface area contributed by atoms with Gasteiger partial charge in [0.2, 0.25) is 0 Å². The van der Waals surface area contributed by atoms with Crippen LogP contribution in [0.15, 0.2) is 516 Å². The molecule has 0 fully saturated rings. The van der Waals surface area contributed by atoms with Crippen molar-refractivity contribution in [3.05, 3.63) is 516 Å². The van der Waals surface area contributed by atoms with Crippen LogP contribution >= 0.6 is 34.0 Å². The molecule has 30 rings (SSSR count). The molecule has 147 heavy (non-hydrogen) atoms. The van der Waals surface area contributed by atoms with Crippen LogP contribution in [0.3, 0.4) is 0 Å². The Morgan fingerprint density at radius 1 is 0.150 bits per heavy atom. The summed E-state index contributed by atoms with van der Waals surface area (Å²) in [4.78, 5) is 25.5. The van der Waals surface area contributed by atoms with Gasteiger partial charge in [-0.2, -0.15) is 0 Å². The lowest BCUT2D eigenvalue weighted by Crippen LogP contribution is -1.97. The molecule has 0 atom stereocenters. The van der Waals surface area contributed by atoms with Crippen molar-refractivity contribution in [2.24, 2.45) is 0 Å². The van der Waals surface area contributed by atoms with Crippen LogP contribution in [0.5, 0.6) is 0 Å². The van der Waals surface area contributed by atoms with Crippen molar-refractivity contribution in [1.29, 1.82) is 0 Å². The highest BCUT2D eigenvalue weighted by Gasteiger charge is 2.26. The minimum absolute atomic E-state index is 0.711. The van der Waals surface area contributed by atoms with Crippen LogP contribution in [-0.2, 0) is 0 Å². The van der Waals surface area contributed by atoms with E-state index in [4.69, 9.17) is 24.9 Å². The fourth-order valence-electron chi connectivity index (χ4n) is 21.8. The van der Waals surface area contributed by atoms with Crippen LogP contribution in [0, 0.1) is 0 Å². The number of rotatable bonds is 14. The molecule has 0 aliphatic carbocycles. The normalized spacial score (nSPS) is 11.7. The molecule has 0 spiro atoms. The van der Waals surface area contributed by atoms with Crippen LogP contribution in [0.2, 0.25) is 0 Å². The van der Waals surface area contributed by atoms with Gasteiger partial charge in [-0.15, -0.1) is 34.0 Å². The molecular formula is C135H85N9S3. The van der Waals surface area contributed by atoms with Gasteiger partial charge < -0.3 is 13.7 Å². The van der Waals surface area contributed by atoms with E-state index in [2.05, 4.69) is 498 Å². The highest BCUT2D eigenvalue weighted by Crippen LogP contribution is 2.50. The number of benzene rings is 21. The summed E-state index contributed by atoms with van der Waals surface area (Å²) in [5.41, 5.74) is 32.0. The zero-order chi connectivity index (χ0) is 96.9. The summed E-state index contributed by atoms with van der Waals surface area (Å²) in [6.07, 6.45) is 0. The van der Waals surface area contributed by atoms with Gasteiger partial charge >= 0.3 is 0 Å². The lowest BCUT2D eigenvalue weighted by atomic mass is 9.98. The number of hydrogen-bond acceptors (Lipinski definition) is 8. The minimum atomic E-state index is 0.711. The topological polar surface area (TPSA) is 84.2 Å². The average molecular weight is 1930 g/mol. The second-order valence-corrected chi connectivity index (χ2v) is 40.4. The van der Waals surface area contributed by atoms with Crippen molar-refractivity contribution >= 4 is 171 Å². The average Bonchev–Trinajstić information content (AvgIpc) is 1.58. The van der Waals surface area contributed by atoms with E-state index in [9.17, 15) is 0 Å². The summed E-state index contributed by atoms with van der Waals surface area (Å²) < 4.78 is 17.3. The fraction of sp³-hybridized carbons (Fsp3) is 0. The first kappa shape index (κ1) is 86.2. The summed E-state index contributed by atoms with van der Waals surface area (Å²) in [7, 11) is 0. The van der Waals surface area contributed by atoms with E-state index >= 15 is 0 Å². The van der Waals surface area contributed by atoms with Gasteiger partial charge in [-0.3, -0.25) is 4.57 Å². The van der Waals surface area contributed by atoms with E-state index in [-0.39, 0.29) is 0 Å². The molecular weight excluding hydrogens is 1840 g/mol. The van der Waals surface area contributed by atoms with Crippen LogP contribution < -0.4 is 0 Å². The minimum Gasteiger partial charge on any atom is -0.309 e. The maximum absolute atomic E-state index is 5.18. The van der Waals surface area contributed by atoms with E-state index < -0.39 is 0 Å². The Labute approximate surface area is 858 Å². The van der Waals surface area contributed by atoms with Crippen LogP contribution in [0.1, 0.15) is 0 Å². The summed E-state index contributed by atoms with van der Waals surface area (Å²) in [6.45, 7) is 0. The zero-order valence-corrected chi connectivity index (χ0v) is 81.8. The predicted octanol–water partition coefficient (Wildman–Crippen LogP) is 37.0. The van der Waals surface area contributed by atoms with E-state index in [0.717, 1.165) is 112 Å². The van der Waals surface area contributed by atoms with E-state index in [1.54, 1.807) is 0 Å². The van der Waals surface area contributed by atoms with Gasteiger partial charge in [-0.1, -0.05) is 376 Å². The third kappa shape index (κ3) is 15.3. The van der Waals surface area contributed by atoms with Crippen LogP contribution in [0.4, 0.5) is 0 Å². The maximum atomic E-state index is 5.18. The largest absolute Gasteiger partial charge is 0.309 e. The molecule has 0 bridgehead atoms. The zero-order valence-electron chi connectivity index (χ0n) is 79.3. The summed E-state index contributed by atoms with van der Waals surface area (Å²) >= 11 is 5.60. The molecule has 30 aromatic rings. The number of imidazole rings is 1. The molecule has 0 aliphatic rings. The Morgan fingerprint density at radius 3 is 0.789 bits per heavy atom. The molecule has 9 nitrogen and oxygen atoms in total. The van der Waals surface area contributed by atoms with Gasteiger partial charge in [-0.05, 0) is 156 Å². The molecule has 9 heterocycles. The lowest BCUT2D eigenvalue weighted by molar-refractivity contribution is 1.10. The quantitative estimate of drug-likeness (QED) is 0.108. The number of thiophene rings is 3. The maximum Gasteiger partial charge on any atom is 0.160 e. The predicted molar refractivity (Wildman–Crippen MR) is 621 cm³/mol. The molecule has 21 aromatic carbocycles. The fourth-order valence-corrected chi connectivity index (χ4v) is 25.4. The van der Waals surface area contributed by atoms with E-state index in [0.29, 0.717) is 11.6 Å².